The van der Waals surface area contributed by atoms with Gasteiger partial charge in [0, 0.05) is 5.92 Å². The summed E-state index contributed by atoms with van der Waals surface area (Å²) in [6.07, 6.45) is 1.02. The summed E-state index contributed by atoms with van der Waals surface area (Å²) in [5.41, 5.74) is 2.69. The second-order valence-electron chi connectivity index (χ2n) is 4.33. The van der Waals surface area contributed by atoms with Crippen molar-refractivity contribution < 1.29 is 14.6 Å². The average Bonchev–Trinajstić information content (AvgIpc) is 2.79. The van der Waals surface area contributed by atoms with Crippen LogP contribution in [0.5, 0.6) is 5.75 Å². The molecule has 3 rings (SSSR count). The van der Waals surface area contributed by atoms with E-state index in [4.69, 9.17) is 9.84 Å². The van der Waals surface area contributed by atoms with Crippen molar-refractivity contribution in [3.8, 4) is 5.75 Å². The lowest BCUT2D eigenvalue weighted by Gasteiger charge is -2.29. The third kappa shape index (κ3) is 1.88. The third-order valence-electron chi connectivity index (χ3n) is 3.22. The number of fused-ring (bicyclic) bond motifs is 1. The van der Waals surface area contributed by atoms with Crippen LogP contribution in [0, 0.1) is 0 Å². The van der Waals surface area contributed by atoms with E-state index in [-0.39, 0.29) is 4.88 Å². The summed E-state index contributed by atoms with van der Waals surface area (Å²) < 4.78 is 5.63. The maximum atomic E-state index is 10.9. The zero-order chi connectivity index (χ0) is 12.5. The first-order chi connectivity index (χ1) is 8.75. The maximum absolute atomic E-state index is 10.9. The summed E-state index contributed by atoms with van der Waals surface area (Å²) in [6, 6.07) is 10.0. The van der Waals surface area contributed by atoms with Crippen molar-refractivity contribution in [2.24, 2.45) is 0 Å². The molecule has 4 heteroatoms. The fraction of sp³-hybridized carbons (Fsp3) is 0.214. The third-order valence-corrected chi connectivity index (χ3v) is 4.11. The van der Waals surface area contributed by atoms with Crippen LogP contribution in [0.2, 0.25) is 0 Å². The van der Waals surface area contributed by atoms with E-state index in [0.717, 1.165) is 6.42 Å². The molecule has 1 aromatic heterocycles. The van der Waals surface area contributed by atoms with Crippen LogP contribution < -0.4 is 4.74 Å². The minimum atomic E-state index is -0.922. The fourth-order valence-electron chi connectivity index (χ4n) is 2.27. The van der Waals surface area contributed by atoms with Crippen LogP contribution in [0.1, 0.15) is 26.7 Å². The molecule has 0 amide bonds. The lowest BCUT2D eigenvalue weighted by atomic mass is 9.78. The number of rotatable bonds is 4. The zero-order valence-electron chi connectivity index (χ0n) is 9.63. The number of carboxylic acids is 1. The van der Waals surface area contributed by atoms with E-state index in [1.807, 2.05) is 12.1 Å². The molecule has 3 nitrogen and oxygen atoms in total. The van der Waals surface area contributed by atoms with Gasteiger partial charge in [0.25, 0.3) is 0 Å². The predicted octanol–water partition coefficient (Wildman–Crippen LogP) is 3.17. The van der Waals surface area contributed by atoms with Gasteiger partial charge in [-0.15, -0.1) is 11.3 Å². The van der Waals surface area contributed by atoms with Gasteiger partial charge in [0.05, 0.1) is 6.61 Å². The Morgan fingerprint density at radius 1 is 1.39 bits per heavy atom. The van der Waals surface area contributed by atoms with Crippen molar-refractivity contribution in [1.82, 2.24) is 0 Å². The molecule has 1 atom stereocenters. The normalized spacial score (nSPS) is 16.8. The standard InChI is InChI=1S/C14H12O3S/c15-14(16)13-12(5-6-18-13)17-8-10-7-9-3-1-2-4-11(9)10/h1-6,10H,7-8H2,(H,15,16). The number of ether oxygens (including phenoxy) is 1. The Hall–Kier alpha value is -1.81. The highest BCUT2D eigenvalue weighted by atomic mass is 32.1. The van der Waals surface area contributed by atoms with Gasteiger partial charge in [-0.2, -0.15) is 0 Å². The molecule has 1 N–H and O–H groups in total. The number of hydrogen-bond acceptors (Lipinski definition) is 3. The number of hydrogen-bond donors (Lipinski definition) is 1. The lowest BCUT2D eigenvalue weighted by molar-refractivity contribution is 0.0697. The van der Waals surface area contributed by atoms with Gasteiger partial charge in [0.15, 0.2) is 4.88 Å². The molecule has 1 aliphatic carbocycles. The summed E-state index contributed by atoms with van der Waals surface area (Å²) in [6.45, 7) is 0.550. The first kappa shape index (κ1) is 11.3. The van der Waals surface area contributed by atoms with Crippen LogP contribution in [-0.2, 0) is 6.42 Å². The van der Waals surface area contributed by atoms with Crippen LogP contribution in [0.4, 0.5) is 0 Å². The van der Waals surface area contributed by atoms with Gasteiger partial charge in [0.2, 0.25) is 0 Å². The lowest BCUT2D eigenvalue weighted by Crippen LogP contribution is -2.23. The van der Waals surface area contributed by atoms with Crippen molar-refractivity contribution in [2.45, 2.75) is 12.3 Å². The van der Waals surface area contributed by atoms with Crippen LogP contribution in [0.15, 0.2) is 35.7 Å². The summed E-state index contributed by atoms with van der Waals surface area (Å²) in [5.74, 6) is -0.0476. The van der Waals surface area contributed by atoms with E-state index < -0.39 is 5.97 Å². The Bertz CT molecular complexity index is 588. The molecule has 1 unspecified atom stereocenters. The topological polar surface area (TPSA) is 46.5 Å². The molecule has 2 aromatic rings. The molecule has 0 radical (unpaired) electrons. The van der Waals surface area contributed by atoms with Crippen LogP contribution in [0.25, 0.3) is 0 Å². The first-order valence-corrected chi connectivity index (χ1v) is 6.65. The highest BCUT2D eigenvalue weighted by Crippen LogP contribution is 2.35. The molecule has 0 spiro atoms. The predicted molar refractivity (Wildman–Crippen MR) is 69.7 cm³/mol. The van der Waals surface area contributed by atoms with Gasteiger partial charge >= 0.3 is 5.97 Å². The Kier molecular flexibility index (Phi) is 2.80. The summed E-state index contributed by atoms with van der Waals surface area (Å²) in [7, 11) is 0. The van der Waals surface area contributed by atoms with Gasteiger partial charge in [0.1, 0.15) is 5.75 Å². The molecule has 0 fully saturated rings. The number of aromatic carboxylic acids is 1. The minimum Gasteiger partial charge on any atom is -0.491 e. The van der Waals surface area contributed by atoms with E-state index in [2.05, 4.69) is 12.1 Å². The summed E-state index contributed by atoms with van der Waals surface area (Å²) >= 11 is 1.20. The molecule has 0 bridgehead atoms. The molecule has 1 aliphatic rings. The highest BCUT2D eigenvalue weighted by Gasteiger charge is 2.26. The van der Waals surface area contributed by atoms with Crippen molar-refractivity contribution in [1.29, 1.82) is 0 Å². The Morgan fingerprint density at radius 2 is 2.22 bits per heavy atom. The SMILES string of the molecule is O=C(O)c1sccc1OCC1Cc2ccccc21. The molecular formula is C14H12O3S. The van der Waals surface area contributed by atoms with Gasteiger partial charge < -0.3 is 9.84 Å². The van der Waals surface area contributed by atoms with Crippen LogP contribution in [-0.4, -0.2) is 17.7 Å². The zero-order valence-corrected chi connectivity index (χ0v) is 10.4. The van der Waals surface area contributed by atoms with Crippen molar-refractivity contribution >= 4 is 17.3 Å². The molecule has 0 saturated heterocycles. The maximum Gasteiger partial charge on any atom is 0.349 e. The van der Waals surface area contributed by atoms with Crippen molar-refractivity contribution in [3.05, 3.63) is 51.7 Å². The molecule has 1 heterocycles. The van der Waals surface area contributed by atoms with Gasteiger partial charge in [-0.1, -0.05) is 24.3 Å². The van der Waals surface area contributed by atoms with Crippen LogP contribution >= 0.6 is 11.3 Å². The molecule has 1 aromatic carbocycles. The summed E-state index contributed by atoms with van der Waals surface area (Å²) in [4.78, 5) is 11.2. The van der Waals surface area contributed by atoms with E-state index in [1.165, 1.54) is 22.5 Å². The fourth-order valence-corrected chi connectivity index (χ4v) is 2.94. The van der Waals surface area contributed by atoms with Crippen molar-refractivity contribution in [3.63, 3.8) is 0 Å². The average molecular weight is 260 g/mol. The summed E-state index contributed by atoms with van der Waals surface area (Å²) in [5, 5.41) is 10.7. The van der Waals surface area contributed by atoms with E-state index in [0.29, 0.717) is 18.3 Å². The molecule has 92 valence electrons. The Morgan fingerprint density at radius 3 is 3.00 bits per heavy atom. The van der Waals surface area contributed by atoms with E-state index in [9.17, 15) is 4.79 Å². The monoisotopic (exact) mass is 260 g/mol. The Balaban J connectivity index is 1.67. The number of carbonyl (C=O) groups is 1. The van der Waals surface area contributed by atoms with Gasteiger partial charge in [-0.3, -0.25) is 0 Å². The van der Waals surface area contributed by atoms with Gasteiger partial charge in [-0.05, 0) is 29.0 Å². The molecule has 0 aliphatic heterocycles. The molecular weight excluding hydrogens is 248 g/mol. The minimum absolute atomic E-state index is 0.280. The number of carboxylic acid groups (broad SMARTS) is 1. The van der Waals surface area contributed by atoms with E-state index >= 15 is 0 Å². The first-order valence-electron chi connectivity index (χ1n) is 5.77. The second kappa shape index (κ2) is 4.46. The largest absolute Gasteiger partial charge is 0.491 e. The second-order valence-corrected chi connectivity index (χ2v) is 5.25. The van der Waals surface area contributed by atoms with Crippen molar-refractivity contribution in [2.75, 3.05) is 6.61 Å². The smallest absolute Gasteiger partial charge is 0.349 e. The van der Waals surface area contributed by atoms with Gasteiger partial charge in [-0.25, -0.2) is 4.79 Å². The van der Waals surface area contributed by atoms with E-state index in [1.54, 1.807) is 11.4 Å². The molecule has 18 heavy (non-hydrogen) atoms. The molecule has 0 saturated carbocycles. The number of thiophene rings is 1. The van der Waals surface area contributed by atoms with Crippen LogP contribution in [0.3, 0.4) is 0 Å². The quantitative estimate of drug-likeness (QED) is 0.918. The highest BCUT2D eigenvalue weighted by molar-refractivity contribution is 7.12. The number of benzene rings is 1. The Labute approximate surface area is 109 Å².